The summed E-state index contributed by atoms with van der Waals surface area (Å²) in [6, 6.07) is 12.3. The molecule has 2 aromatic carbocycles. The maximum Gasteiger partial charge on any atom is 0.167 e. The minimum Gasteiger partial charge on any atom is -0.279 e. The lowest BCUT2D eigenvalue weighted by molar-refractivity contribution is 0.499. The number of nitrogens with zero attached hydrogens (tertiary/aromatic N) is 1. The van der Waals surface area contributed by atoms with Gasteiger partial charge in [-0.25, -0.2) is 8.78 Å². The van der Waals surface area contributed by atoms with Gasteiger partial charge in [0.25, 0.3) is 0 Å². The highest BCUT2D eigenvalue weighted by Crippen LogP contribution is 2.15. The van der Waals surface area contributed by atoms with Gasteiger partial charge in [0.15, 0.2) is 11.6 Å². The van der Waals surface area contributed by atoms with E-state index in [1.54, 1.807) is 13.0 Å². The summed E-state index contributed by atoms with van der Waals surface area (Å²) in [4.78, 5) is 0. The lowest BCUT2D eigenvalue weighted by atomic mass is 10.1. The van der Waals surface area contributed by atoms with Crippen molar-refractivity contribution in [3.05, 3.63) is 65.2 Å². The summed E-state index contributed by atoms with van der Waals surface area (Å²) in [5.41, 5.74) is 4.02. The van der Waals surface area contributed by atoms with E-state index < -0.39 is 11.6 Å². The molecule has 0 aliphatic heterocycles. The van der Waals surface area contributed by atoms with Crippen LogP contribution in [0.15, 0.2) is 47.6 Å². The van der Waals surface area contributed by atoms with Gasteiger partial charge in [-0.05, 0) is 30.2 Å². The van der Waals surface area contributed by atoms with Crippen LogP contribution in [0.25, 0.3) is 0 Å². The molecule has 0 aliphatic carbocycles. The molecule has 98 valence electrons. The van der Waals surface area contributed by atoms with Crippen molar-refractivity contribution in [2.45, 2.75) is 13.3 Å². The number of benzene rings is 2. The van der Waals surface area contributed by atoms with Gasteiger partial charge in [-0.3, -0.25) is 5.43 Å². The van der Waals surface area contributed by atoms with E-state index in [2.05, 4.69) is 10.5 Å². The first kappa shape index (κ1) is 13.2. The molecule has 0 aliphatic rings. The van der Waals surface area contributed by atoms with Crippen molar-refractivity contribution < 1.29 is 8.78 Å². The van der Waals surface area contributed by atoms with Gasteiger partial charge in [0.05, 0.1) is 11.9 Å². The maximum atomic E-state index is 13.7. The SMILES string of the molecule is CCc1ccc(C=NNc2ccccc2)c(F)c1F. The van der Waals surface area contributed by atoms with E-state index in [9.17, 15) is 8.78 Å². The third-order valence-electron chi connectivity index (χ3n) is 2.74. The lowest BCUT2D eigenvalue weighted by Crippen LogP contribution is -1.99. The molecule has 2 rings (SSSR count). The molecule has 2 nitrogen and oxygen atoms in total. The van der Waals surface area contributed by atoms with Crippen LogP contribution in [0.1, 0.15) is 18.1 Å². The molecule has 0 spiro atoms. The highest BCUT2D eigenvalue weighted by Gasteiger charge is 2.10. The third kappa shape index (κ3) is 3.16. The number of hydrogen-bond donors (Lipinski definition) is 1. The molecule has 1 N–H and O–H groups in total. The molecule has 0 amide bonds. The highest BCUT2D eigenvalue weighted by molar-refractivity contribution is 5.80. The van der Waals surface area contributed by atoms with E-state index in [0.29, 0.717) is 12.0 Å². The Morgan fingerprint density at radius 3 is 2.47 bits per heavy atom. The van der Waals surface area contributed by atoms with E-state index in [4.69, 9.17) is 0 Å². The van der Waals surface area contributed by atoms with Gasteiger partial charge < -0.3 is 0 Å². The summed E-state index contributed by atoms with van der Waals surface area (Å²) in [7, 11) is 0. The topological polar surface area (TPSA) is 24.4 Å². The van der Waals surface area contributed by atoms with Crippen LogP contribution in [-0.2, 0) is 6.42 Å². The van der Waals surface area contributed by atoms with Gasteiger partial charge in [-0.2, -0.15) is 5.10 Å². The number of para-hydroxylation sites is 1. The Morgan fingerprint density at radius 1 is 1.05 bits per heavy atom. The number of hydrazone groups is 1. The molecular formula is C15H14F2N2. The predicted molar refractivity (Wildman–Crippen MR) is 73.4 cm³/mol. The Kier molecular flexibility index (Phi) is 4.23. The number of anilines is 1. The van der Waals surface area contributed by atoms with Gasteiger partial charge in [-0.1, -0.05) is 31.2 Å². The summed E-state index contributed by atoms with van der Waals surface area (Å²) >= 11 is 0. The van der Waals surface area contributed by atoms with E-state index in [1.807, 2.05) is 30.3 Å². The normalized spacial score (nSPS) is 10.9. The van der Waals surface area contributed by atoms with Gasteiger partial charge in [0, 0.05) is 5.56 Å². The van der Waals surface area contributed by atoms with Crippen LogP contribution in [0.2, 0.25) is 0 Å². The molecule has 0 bridgehead atoms. The average Bonchev–Trinajstić information content (AvgIpc) is 2.45. The quantitative estimate of drug-likeness (QED) is 0.652. The van der Waals surface area contributed by atoms with Crippen molar-refractivity contribution in [2.75, 3.05) is 5.43 Å². The summed E-state index contributed by atoms with van der Waals surface area (Å²) < 4.78 is 27.2. The second kappa shape index (κ2) is 6.09. The predicted octanol–water partition coefficient (Wildman–Crippen LogP) is 3.97. The molecule has 0 saturated heterocycles. The summed E-state index contributed by atoms with van der Waals surface area (Å²) in [5.74, 6) is -1.66. The minimum absolute atomic E-state index is 0.123. The molecule has 2 aromatic rings. The van der Waals surface area contributed by atoms with Crippen LogP contribution in [0.4, 0.5) is 14.5 Å². The number of nitrogens with one attached hydrogen (secondary N) is 1. The molecule has 0 fully saturated rings. The Hall–Kier alpha value is -2.23. The first-order valence-electron chi connectivity index (χ1n) is 6.03. The van der Waals surface area contributed by atoms with Crippen LogP contribution in [0, 0.1) is 11.6 Å². The zero-order valence-corrected chi connectivity index (χ0v) is 10.5. The molecule has 0 unspecified atom stereocenters. The first-order chi connectivity index (χ1) is 9.22. The average molecular weight is 260 g/mol. The van der Waals surface area contributed by atoms with Crippen LogP contribution in [0.3, 0.4) is 0 Å². The zero-order valence-electron chi connectivity index (χ0n) is 10.5. The molecule has 4 heteroatoms. The van der Waals surface area contributed by atoms with E-state index in [-0.39, 0.29) is 5.56 Å². The van der Waals surface area contributed by atoms with E-state index in [0.717, 1.165) is 5.69 Å². The Labute approximate surface area is 110 Å². The standard InChI is InChI=1S/C15H14F2N2/c1-2-11-8-9-12(15(17)14(11)16)10-18-19-13-6-4-3-5-7-13/h3-10,19H,2H2,1H3. The largest absolute Gasteiger partial charge is 0.279 e. The van der Waals surface area contributed by atoms with Crippen molar-refractivity contribution in [3.8, 4) is 0 Å². The van der Waals surface area contributed by atoms with Crippen molar-refractivity contribution in [2.24, 2.45) is 5.10 Å². The van der Waals surface area contributed by atoms with Gasteiger partial charge in [0.1, 0.15) is 0 Å². The summed E-state index contributed by atoms with van der Waals surface area (Å²) in [6.45, 7) is 1.78. The smallest absolute Gasteiger partial charge is 0.167 e. The third-order valence-corrected chi connectivity index (χ3v) is 2.74. The molecule has 0 aromatic heterocycles. The molecule has 0 heterocycles. The fourth-order valence-electron chi connectivity index (χ4n) is 1.67. The van der Waals surface area contributed by atoms with Crippen molar-refractivity contribution in [3.63, 3.8) is 0 Å². The van der Waals surface area contributed by atoms with E-state index >= 15 is 0 Å². The van der Waals surface area contributed by atoms with Crippen LogP contribution < -0.4 is 5.43 Å². The summed E-state index contributed by atoms with van der Waals surface area (Å²) in [6.07, 6.45) is 1.73. The minimum atomic E-state index is -0.863. The Balaban J connectivity index is 2.13. The number of hydrogen-bond acceptors (Lipinski definition) is 2. The highest BCUT2D eigenvalue weighted by atomic mass is 19.2. The fourth-order valence-corrected chi connectivity index (χ4v) is 1.67. The fraction of sp³-hybridized carbons (Fsp3) is 0.133. The van der Waals surface area contributed by atoms with Crippen LogP contribution in [-0.4, -0.2) is 6.21 Å². The molecule has 0 radical (unpaired) electrons. The van der Waals surface area contributed by atoms with Crippen LogP contribution >= 0.6 is 0 Å². The Morgan fingerprint density at radius 2 is 1.79 bits per heavy atom. The van der Waals surface area contributed by atoms with Crippen molar-refractivity contribution in [1.82, 2.24) is 0 Å². The van der Waals surface area contributed by atoms with Crippen molar-refractivity contribution >= 4 is 11.9 Å². The van der Waals surface area contributed by atoms with Crippen LogP contribution in [0.5, 0.6) is 0 Å². The second-order valence-electron chi connectivity index (χ2n) is 4.03. The number of rotatable bonds is 4. The number of halogens is 2. The zero-order chi connectivity index (χ0) is 13.7. The first-order valence-corrected chi connectivity index (χ1v) is 6.03. The summed E-state index contributed by atoms with van der Waals surface area (Å²) in [5, 5.41) is 3.89. The van der Waals surface area contributed by atoms with E-state index in [1.165, 1.54) is 12.3 Å². The molecule has 19 heavy (non-hydrogen) atoms. The molecular weight excluding hydrogens is 246 g/mol. The second-order valence-corrected chi connectivity index (χ2v) is 4.03. The van der Waals surface area contributed by atoms with Gasteiger partial charge in [0.2, 0.25) is 0 Å². The van der Waals surface area contributed by atoms with Crippen molar-refractivity contribution in [1.29, 1.82) is 0 Å². The monoisotopic (exact) mass is 260 g/mol. The Bertz CT molecular complexity index is 580. The number of aryl methyl sites for hydroxylation is 1. The van der Waals surface area contributed by atoms with Gasteiger partial charge >= 0.3 is 0 Å². The van der Waals surface area contributed by atoms with Gasteiger partial charge in [-0.15, -0.1) is 0 Å². The molecule has 0 atom stereocenters. The molecule has 0 saturated carbocycles. The lowest BCUT2D eigenvalue weighted by Gasteiger charge is -2.03. The maximum absolute atomic E-state index is 13.7.